The fraction of sp³-hybridized carbons (Fsp3) is 0.696. The van der Waals surface area contributed by atoms with E-state index in [2.05, 4.69) is 0 Å². The zero-order valence-electron chi connectivity index (χ0n) is 18.0. The standard InChI is InChI=1S/C23H34N2O4S/c1-29-22-11-10-20(30(27,28)25-13-6-2-3-7-14-25)16-21(22)23(26)24-15-12-18-8-4-5-9-19(18)17-24/h10-11,16,18-19H,2-9,12-15,17H2,1H3/t18-,19+/m1/s1. The quantitative estimate of drug-likeness (QED) is 0.721. The SMILES string of the molecule is COc1ccc(S(=O)(=O)N2CCCCCC2)cc1C(=O)N1CC[C@H]2CCCC[C@H]2C1. The van der Waals surface area contributed by atoms with Gasteiger partial charge in [-0.3, -0.25) is 4.79 Å². The van der Waals surface area contributed by atoms with Crippen LogP contribution in [-0.2, 0) is 10.0 Å². The highest BCUT2D eigenvalue weighted by molar-refractivity contribution is 7.89. The van der Waals surface area contributed by atoms with E-state index in [1.165, 1.54) is 38.9 Å². The molecule has 2 heterocycles. The van der Waals surface area contributed by atoms with Gasteiger partial charge in [0.25, 0.3) is 5.91 Å². The number of carbonyl (C=O) groups is 1. The third-order valence-electron chi connectivity index (χ3n) is 7.18. The minimum atomic E-state index is -3.61. The van der Waals surface area contributed by atoms with Crippen LogP contribution < -0.4 is 4.74 Å². The van der Waals surface area contributed by atoms with Crippen LogP contribution in [0.3, 0.4) is 0 Å². The van der Waals surface area contributed by atoms with Gasteiger partial charge >= 0.3 is 0 Å². The average Bonchev–Trinajstić information content (AvgIpc) is 3.08. The van der Waals surface area contributed by atoms with Crippen LogP contribution in [0.25, 0.3) is 0 Å². The molecule has 1 aromatic carbocycles. The highest BCUT2D eigenvalue weighted by Gasteiger charge is 2.34. The number of piperidine rings is 1. The first-order chi connectivity index (χ1) is 14.5. The maximum atomic E-state index is 13.4. The molecule has 2 saturated heterocycles. The van der Waals surface area contributed by atoms with Crippen LogP contribution in [0.4, 0.5) is 0 Å². The Bertz CT molecular complexity index is 862. The van der Waals surface area contributed by atoms with Crippen molar-refractivity contribution in [2.24, 2.45) is 11.8 Å². The maximum Gasteiger partial charge on any atom is 0.257 e. The van der Waals surface area contributed by atoms with Crippen LogP contribution in [0.5, 0.6) is 5.75 Å². The molecular formula is C23H34N2O4S. The summed E-state index contributed by atoms with van der Waals surface area (Å²) in [4.78, 5) is 15.5. The number of likely N-dealkylation sites (tertiary alicyclic amines) is 1. The summed E-state index contributed by atoms with van der Waals surface area (Å²) < 4.78 is 33.5. The summed E-state index contributed by atoms with van der Waals surface area (Å²) in [5.74, 6) is 1.65. The fourth-order valence-electron chi connectivity index (χ4n) is 5.40. The predicted molar refractivity (Wildman–Crippen MR) is 116 cm³/mol. The summed E-state index contributed by atoms with van der Waals surface area (Å²) in [6.07, 6.45) is 9.97. The lowest BCUT2D eigenvalue weighted by atomic mass is 9.75. The zero-order valence-corrected chi connectivity index (χ0v) is 18.8. The molecule has 30 heavy (non-hydrogen) atoms. The van der Waals surface area contributed by atoms with Crippen LogP contribution in [0, 0.1) is 11.8 Å². The van der Waals surface area contributed by atoms with E-state index in [9.17, 15) is 13.2 Å². The lowest BCUT2D eigenvalue weighted by Crippen LogP contribution is -2.44. The highest BCUT2D eigenvalue weighted by Crippen LogP contribution is 2.37. The number of rotatable bonds is 4. The minimum absolute atomic E-state index is 0.108. The summed E-state index contributed by atoms with van der Waals surface area (Å²) in [5, 5.41) is 0. The van der Waals surface area contributed by atoms with Crippen LogP contribution in [-0.4, -0.2) is 56.8 Å². The molecule has 2 aliphatic heterocycles. The first kappa shape index (κ1) is 21.6. The van der Waals surface area contributed by atoms with Crippen LogP contribution in [0.2, 0.25) is 0 Å². The molecule has 1 aromatic rings. The topological polar surface area (TPSA) is 66.9 Å². The van der Waals surface area contributed by atoms with Gasteiger partial charge in [0, 0.05) is 26.2 Å². The molecular weight excluding hydrogens is 400 g/mol. The van der Waals surface area contributed by atoms with E-state index in [0.29, 0.717) is 30.3 Å². The van der Waals surface area contributed by atoms with Crippen molar-refractivity contribution >= 4 is 15.9 Å². The molecule has 0 N–H and O–H groups in total. The average molecular weight is 435 g/mol. The molecule has 6 nitrogen and oxygen atoms in total. The molecule has 7 heteroatoms. The Hall–Kier alpha value is -1.60. The number of fused-ring (bicyclic) bond motifs is 1. The van der Waals surface area contributed by atoms with Crippen molar-refractivity contribution in [3.8, 4) is 5.75 Å². The second-order valence-electron chi connectivity index (χ2n) is 9.02. The maximum absolute atomic E-state index is 13.4. The van der Waals surface area contributed by atoms with Crippen LogP contribution in [0.1, 0.15) is 68.1 Å². The molecule has 1 amide bonds. The van der Waals surface area contributed by atoms with Crippen molar-refractivity contribution in [3.05, 3.63) is 23.8 Å². The molecule has 0 unspecified atom stereocenters. The number of carbonyl (C=O) groups excluding carboxylic acids is 1. The molecule has 0 spiro atoms. The molecule has 3 fully saturated rings. The number of benzene rings is 1. The van der Waals surface area contributed by atoms with E-state index in [0.717, 1.165) is 51.1 Å². The molecule has 4 rings (SSSR count). The second kappa shape index (κ2) is 9.27. The Morgan fingerprint density at radius 1 is 0.933 bits per heavy atom. The van der Waals surface area contributed by atoms with Crippen molar-refractivity contribution in [3.63, 3.8) is 0 Å². The minimum Gasteiger partial charge on any atom is -0.496 e. The summed E-state index contributed by atoms with van der Waals surface area (Å²) in [7, 11) is -2.08. The smallest absolute Gasteiger partial charge is 0.257 e. The van der Waals surface area contributed by atoms with Gasteiger partial charge in [0.05, 0.1) is 17.6 Å². The molecule has 0 radical (unpaired) electrons. The van der Waals surface area contributed by atoms with E-state index in [-0.39, 0.29) is 10.8 Å². The van der Waals surface area contributed by atoms with Crippen LogP contribution >= 0.6 is 0 Å². The number of hydrogen-bond donors (Lipinski definition) is 0. The fourth-order valence-corrected chi connectivity index (χ4v) is 6.95. The van der Waals surface area contributed by atoms with Gasteiger partial charge < -0.3 is 9.64 Å². The number of methoxy groups -OCH3 is 1. The molecule has 1 aliphatic carbocycles. The molecule has 2 atom stereocenters. The van der Waals surface area contributed by atoms with Crippen LogP contribution in [0.15, 0.2) is 23.1 Å². The Labute approximate surface area is 180 Å². The second-order valence-corrected chi connectivity index (χ2v) is 11.0. The number of ether oxygens (including phenoxy) is 1. The van der Waals surface area contributed by atoms with E-state index in [4.69, 9.17) is 4.74 Å². The summed E-state index contributed by atoms with van der Waals surface area (Å²) in [6, 6.07) is 4.74. The lowest BCUT2D eigenvalue weighted by Gasteiger charge is -2.41. The van der Waals surface area contributed by atoms with E-state index < -0.39 is 10.0 Å². The normalized spacial score (nSPS) is 26.0. The summed E-state index contributed by atoms with van der Waals surface area (Å²) >= 11 is 0. The molecule has 1 saturated carbocycles. The monoisotopic (exact) mass is 434 g/mol. The molecule has 0 bridgehead atoms. The lowest BCUT2D eigenvalue weighted by molar-refractivity contribution is 0.0518. The summed E-state index contributed by atoms with van der Waals surface area (Å²) in [5.41, 5.74) is 0.364. The third-order valence-corrected chi connectivity index (χ3v) is 9.08. The van der Waals surface area contributed by atoms with Gasteiger partial charge in [-0.25, -0.2) is 8.42 Å². The van der Waals surface area contributed by atoms with E-state index in [1.54, 1.807) is 16.4 Å². The van der Waals surface area contributed by atoms with Gasteiger partial charge in [0.1, 0.15) is 5.75 Å². The van der Waals surface area contributed by atoms with Gasteiger partial charge in [0.2, 0.25) is 10.0 Å². The first-order valence-electron chi connectivity index (χ1n) is 11.5. The van der Waals surface area contributed by atoms with Crippen molar-refractivity contribution in [2.75, 3.05) is 33.3 Å². The third kappa shape index (κ3) is 4.37. The van der Waals surface area contributed by atoms with Crippen molar-refractivity contribution in [2.45, 2.75) is 62.7 Å². The Morgan fingerprint density at radius 2 is 1.63 bits per heavy atom. The van der Waals surface area contributed by atoms with Crippen molar-refractivity contribution < 1.29 is 17.9 Å². The Morgan fingerprint density at radius 3 is 2.33 bits per heavy atom. The molecule has 3 aliphatic rings. The molecule has 166 valence electrons. The first-order valence-corrected chi connectivity index (χ1v) is 12.9. The van der Waals surface area contributed by atoms with Gasteiger partial charge in [-0.1, -0.05) is 32.1 Å². The largest absolute Gasteiger partial charge is 0.496 e. The summed E-state index contributed by atoms with van der Waals surface area (Å²) in [6.45, 7) is 2.61. The number of sulfonamides is 1. The van der Waals surface area contributed by atoms with Gasteiger partial charge in [-0.2, -0.15) is 4.31 Å². The number of amides is 1. The van der Waals surface area contributed by atoms with E-state index >= 15 is 0 Å². The van der Waals surface area contributed by atoms with Gasteiger partial charge in [0.15, 0.2) is 0 Å². The van der Waals surface area contributed by atoms with Gasteiger partial charge in [-0.05, 0) is 55.7 Å². The Balaban J connectivity index is 1.58. The van der Waals surface area contributed by atoms with Gasteiger partial charge in [-0.15, -0.1) is 0 Å². The highest BCUT2D eigenvalue weighted by atomic mass is 32.2. The number of hydrogen-bond acceptors (Lipinski definition) is 4. The zero-order chi connectivity index (χ0) is 21.1. The predicted octanol–water partition coefficient (Wildman–Crippen LogP) is 3.91. The van der Waals surface area contributed by atoms with Crippen molar-refractivity contribution in [1.29, 1.82) is 0 Å². The number of nitrogens with zero attached hydrogens (tertiary/aromatic N) is 2. The molecule has 0 aromatic heterocycles. The van der Waals surface area contributed by atoms with E-state index in [1.807, 2.05) is 4.90 Å². The van der Waals surface area contributed by atoms with Crippen molar-refractivity contribution in [1.82, 2.24) is 9.21 Å². The Kier molecular flexibility index (Phi) is 6.68.